The van der Waals surface area contributed by atoms with Crippen LogP contribution in [0.1, 0.15) is 6.42 Å². The molecule has 1 unspecified atom stereocenters. The maximum absolute atomic E-state index is 10.3. The Balaban J connectivity index is 3.60. The van der Waals surface area contributed by atoms with Crippen molar-refractivity contribution in [2.45, 2.75) is 12.5 Å². The first-order valence-electron chi connectivity index (χ1n) is 2.95. The monoisotopic (exact) mass is 198 g/mol. The molecule has 0 amide bonds. The molecule has 4 nitrogen and oxygen atoms in total. The molecule has 0 radical (unpaired) electrons. The number of rotatable bonds is 6. The second-order valence-electron chi connectivity index (χ2n) is 1.68. The molecule has 0 aromatic heterocycles. The van der Waals surface area contributed by atoms with Gasteiger partial charge in [-0.2, -0.15) is 12.6 Å². The largest absolute Gasteiger partial charge is 0.479 e. The third-order valence-corrected chi connectivity index (χ3v) is 1.64. The lowest BCUT2D eigenvalue weighted by Crippen LogP contribution is -2.21. The Hall–Kier alpha value is 0.0900. The summed E-state index contributed by atoms with van der Waals surface area (Å²) in [6.07, 6.45) is -0.532. The molecule has 0 bridgehead atoms. The Labute approximate surface area is 74.5 Å². The summed E-state index contributed by atoms with van der Waals surface area (Å²) in [6, 6.07) is 0. The smallest absolute Gasteiger partial charge is 0.334 e. The van der Waals surface area contributed by atoms with Crippen LogP contribution in [0.5, 0.6) is 0 Å². The number of aliphatic hydroxyl groups excluding tert-OH is 1. The first-order valence-corrected chi connectivity index (χ1v) is 4.49. The Morgan fingerprint density at radius 3 is 2.73 bits per heavy atom. The fourth-order valence-electron chi connectivity index (χ4n) is 0.443. The molecule has 66 valence electrons. The fourth-order valence-corrected chi connectivity index (χ4v) is 1.08. The second kappa shape index (κ2) is 6.78. The van der Waals surface area contributed by atoms with Crippen molar-refractivity contribution in [3.8, 4) is 0 Å². The number of carboxylic acids is 1. The molecule has 0 heterocycles. The molecule has 1 atom stereocenters. The molecule has 6 heteroatoms. The first-order chi connectivity index (χ1) is 5.22. The molecule has 0 aromatic rings. The zero-order valence-corrected chi connectivity index (χ0v) is 7.48. The Morgan fingerprint density at radius 2 is 2.36 bits per heavy atom. The number of aliphatic hydroxyl groups is 1. The maximum Gasteiger partial charge on any atom is 0.334 e. The summed E-state index contributed by atoms with van der Waals surface area (Å²) >= 11 is 4.59. The highest BCUT2D eigenvalue weighted by molar-refractivity contribution is 7.94. The summed E-state index contributed by atoms with van der Waals surface area (Å²) in [4.78, 5) is 10.3. The highest BCUT2D eigenvalue weighted by Gasteiger charge is 2.16. The molecule has 0 fully saturated rings. The van der Waals surface area contributed by atoms with Crippen molar-refractivity contribution >= 4 is 30.6 Å². The number of carbonyl (C=O) groups is 1. The average molecular weight is 198 g/mol. The van der Waals surface area contributed by atoms with Gasteiger partial charge in [0.25, 0.3) is 0 Å². The minimum Gasteiger partial charge on any atom is -0.479 e. The summed E-state index contributed by atoms with van der Waals surface area (Å²) in [5.74, 6) is -0.820. The Morgan fingerprint density at radius 1 is 1.73 bits per heavy atom. The zero-order chi connectivity index (χ0) is 8.69. The van der Waals surface area contributed by atoms with Gasteiger partial charge in [-0.25, -0.2) is 4.79 Å². The van der Waals surface area contributed by atoms with Crippen LogP contribution in [0, 0.1) is 0 Å². The van der Waals surface area contributed by atoms with Crippen molar-refractivity contribution in [1.82, 2.24) is 0 Å². The van der Waals surface area contributed by atoms with E-state index in [4.69, 9.17) is 14.4 Å². The van der Waals surface area contributed by atoms with Crippen molar-refractivity contribution in [3.05, 3.63) is 0 Å². The molecule has 0 rings (SSSR count). The van der Waals surface area contributed by atoms with E-state index in [0.29, 0.717) is 12.2 Å². The number of hydrogen-bond acceptors (Lipinski definition) is 5. The SMILES string of the molecule is O=C(O)C(CCS)OSCO. The van der Waals surface area contributed by atoms with Gasteiger partial charge < -0.3 is 10.2 Å². The van der Waals surface area contributed by atoms with Gasteiger partial charge in [-0.15, -0.1) is 0 Å². The molecule has 0 saturated heterocycles. The normalized spacial score (nSPS) is 12.9. The van der Waals surface area contributed by atoms with Gasteiger partial charge in [0.2, 0.25) is 0 Å². The highest BCUT2D eigenvalue weighted by Crippen LogP contribution is 2.09. The van der Waals surface area contributed by atoms with Crippen LogP contribution in [0.25, 0.3) is 0 Å². The van der Waals surface area contributed by atoms with E-state index in [2.05, 4.69) is 12.6 Å². The fraction of sp³-hybridized carbons (Fsp3) is 0.800. The molecular weight excluding hydrogens is 188 g/mol. The van der Waals surface area contributed by atoms with Crippen LogP contribution in [0.15, 0.2) is 0 Å². The van der Waals surface area contributed by atoms with Gasteiger partial charge in [-0.1, -0.05) is 0 Å². The Kier molecular flexibility index (Phi) is 6.83. The van der Waals surface area contributed by atoms with Crippen LogP contribution < -0.4 is 0 Å². The van der Waals surface area contributed by atoms with Crippen molar-refractivity contribution < 1.29 is 19.2 Å². The number of hydrogen-bond donors (Lipinski definition) is 3. The molecule has 0 spiro atoms. The summed E-state index contributed by atoms with van der Waals surface area (Å²) in [5, 5.41) is 16.8. The minimum absolute atomic E-state index is 0.240. The van der Waals surface area contributed by atoms with E-state index in [-0.39, 0.29) is 5.94 Å². The van der Waals surface area contributed by atoms with E-state index >= 15 is 0 Å². The summed E-state index contributed by atoms with van der Waals surface area (Å²) in [6.45, 7) is 0. The molecule has 2 N–H and O–H groups in total. The van der Waals surface area contributed by atoms with Gasteiger partial charge in [0.05, 0.1) is 0 Å². The van der Waals surface area contributed by atoms with Crippen molar-refractivity contribution in [2.75, 3.05) is 11.7 Å². The van der Waals surface area contributed by atoms with Gasteiger partial charge in [-0.05, 0) is 12.2 Å². The van der Waals surface area contributed by atoms with E-state index in [1.807, 2.05) is 0 Å². The molecular formula is C5H10O4S2. The third kappa shape index (κ3) is 5.37. The van der Waals surface area contributed by atoms with E-state index < -0.39 is 12.1 Å². The highest BCUT2D eigenvalue weighted by atomic mass is 32.2. The summed E-state index contributed by atoms with van der Waals surface area (Å²) in [5.41, 5.74) is 0. The number of aliphatic carboxylic acids is 1. The lowest BCUT2D eigenvalue weighted by molar-refractivity contribution is -0.144. The predicted octanol–water partition coefficient (Wildman–Crippen LogP) is 0.374. The van der Waals surface area contributed by atoms with E-state index in [9.17, 15) is 4.79 Å². The summed E-state index contributed by atoms with van der Waals surface area (Å²) in [7, 11) is 0. The van der Waals surface area contributed by atoms with E-state index in [1.165, 1.54) is 0 Å². The standard InChI is InChI=1S/C5H10O4S2/c6-3-11-9-4(1-2-10)5(7)8/h4,6,10H,1-3H2,(H,7,8). The summed E-state index contributed by atoms with van der Waals surface area (Å²) < 4.78 is 4.71. The number of carboxylic acid groups (broad SMARTS) is 1. The van der Waals surface area contributed by atoms with Gasteiger partial charge in [0.15, 0.2) is 6.10 Å². The Bertz CT molecular complexity index is 119. The lowest BCUT2D eigenvalue weighted by Gasteiger charge is -2.08. The average Bonchev–Trinajstić information content (AvgIpc) is 1.97. The third-order valence-electron chi connectivity index (χ3n) is 0.904. The van der Waals surface area contributed by atoms with Gasteiger partial charge >= 0.3 is 5.97 Å². The zero-order valence-electron chi connectivity index (χ0n) is 5.77. The molecule has 11 heavy (non-hydrogen) atoms. The van der Waals surface area contributed by atoms with Gasteiger partial charge in [0.1, 0.15) is 5.94 Å². The second-order valence-corrected chi connectivity index (χ2v) is 2.82. The lowest BCUT2D eigenvalue weighted by atomic mass is 10.3. The molecule has 0 aromatic carbocycles. The predicted molar refractivity (Wildman–Crippen MR) is 45.7 cm³/mol. The van der Waals surface area contributed by atoms with Gasteiger partial charge in [0, 0.05) is 12.0 Å². The van der Waals surface area contributed by atoms with E-state index in [0.717, 1.165) is 12.0 Å². The minimum atomic E-state index is -1.03. The topological polar surface area (TPSA) is 66.8 Å². The molecule has 0 saturated carbocycles. The van der Waals surface area contributed by atoms with Crippen molar-refractivity contribution in [3.63, 3.8) is 0 Å². The molecule has 0 aliphatic rings. The van der Waals surface area contributed by atoms with Crippen LogP contribution in [-0.2, 0) is 8.98 Å². The van der Waals surface area contributed by atoms with Gasteiger partial charge in [-0.3, -0.25) is 4.18 Å². The van der Waals surface area contributed by atoms with Crippen LogP contribution >= 0.6 is 24.7 Å². The van der Waals surface area contributed by atoms with Crippen LogP contribution in [0.2, 0.25) is 0 Å². The maximum atomic E-state index is 10.3. The molecule has 0 aliphatic carbocycles. The van der Waals surface area contributed by atoms with Crippen LogP contribution in [-0.4, -0.2) is 34.0 Å². The number of thiol groups is 1. The molecule has 0 aliphatic heterocycles. The van der Waals surface area contributed by atoms with E-state index in [1.54, 1.807) is 0 Å². The van der Waals surface area contributed by atoms with Crippen LogP contribution in [0.4, 0.5) is 0 Å². The van der Waals surface area contributed by atoms with Crippen molar-refractivity contribution in [2.24, 2.45) is 0 Å². The quantitative estimate of drug-likeness (QED) is 0.327. The van der Waals surface area contributed by atoms with Crippen LogP contribution in [0.3, 0.4) is 0 Å². The van der Waals surface area contributed by atoms with Crippen molar-refractivity contribution in [1.29, 1.82) is 0 Å². The first kappa shape index (κ1) is 11.1.